The van der Waals surface area contributed by atoms with E-state index in [9.17, 15) is 0 Å². The minimum Gasteiger partial charge on any atom is -0.103 e. The molecule has 0 unspecified atom stereocenters. The first-order valence-electron chi connectivity index (χ1n) is 6.86. The van der Waals surface area contributed by atoms with Crippen LogP contribution in [0.5, 0.6) is 0 Å². The Bertz CT molecular complexity index is 415. The van der Waals surface area contributed by atoms with Crippen molar-refractivity contribution in [1.82, 2.24) is 0 Å². The predicted octanol–water partition coefficient (Wildman–Crippen LogP) is 4.38. The molecule has 0 heterocycles. The molecule has 0 saturated heterocycles. The summed E-state index contributed by atoms with van der Waals surface area (Å²) in [6.07, 6.45) is 5.97. The van der Waals surface area contributed by atoms with Gasteiger partial charge in [0.05, 0.1) is 0 Å². The van der Waals surface area contributed by atoms with E-state index in [2.05, 4.69) is 61.8 Å². The van der Waals surface area contributed by atoms with Crippen LogP contribution in [0.1, 0.15) is 50.7 Å². The summed E-state index contributed by atoms with van der Waals surface area (Å²) in [7, 11) is 0. The van der Waals surface area contributed by atoms with E-state index in [4.69, 9.17) is 0 Å². The molecule has 0 aromatic heterocycles. The maximum Gasteiger partial charge on any atom is 0.0343 e. The van der Waals surface area contributed by atoms with E-state index in [1.54, 1.807) is 0 Å². The molecule has 0 nitrogen and oxygen atoms in total. The SMILES string of the molecule is CCCC#CCc1ccccc1CC#CCCC. The van der Waals surface area contributed by atoms with Crippen molar-refractivity contribution < 1.29 is 0 Å². The normalized spacial score (nSPS) is 9.00. The maximum absolute atomic E-state index is 3.25. The van der Waals surface area contributed by atoms with Crippen LogP contribution in [0.15, 0.2) is 24.3 Å². The van der Waals surface area contributed by atoms with Gasteiger partial charge >= 0.3 is 0 Å². The maximum atomic E-state index is 3.25. The fourth-order valence-electron chi connectivity index (χ4n) is 1.64. The van der Waals surface area contributed by atoms with Crippen LogP contribution in [-0.4, -0.2) is 0 Å². The smallest absolute Gasteiger partial charge is 0.0343 e. The van der Waals surface area contributed by atoms with Crippen molar-refractivity contribution in [2.75, 3.05) is 0 Å². The molecule has 1 aromatic carbocycles. The lowest BCUT2D eigenvalue weighted by Gasteiger charge is -2.02. The molecule has 0 atom stereocenters. The van der Waals surface area contributed by atoms with E-state index >= 15 is 0 Å². The van der Waals surface area contributed by atoms with Gasteiger partial charge in [0.15, 0.2) is 0 Å². The minimum absolute atomic E-state index is 0.853. The highest BCUT2D eigenvalue weighted by atomic mass is 14.0. The van der Waals surface area contributed by atoms with E-state index < -0.39 is 0 Å². The molecule has 0 fully saturated rings. The molecule has 0 aliphatic rings. The van der Waals surface area contributed by atoms with Crippen LogP contribution < -0.4 is 0 Å². The van der Waals surface area contributed by atoms with Crippen LogP contribution in [0, 0.1) is 23.7 Å². The lowest BCUT2D eigenvalue weighted by atomic mass is 10.0. The number of rotatable bonds is 4. The van der Waals surface area contributed by atoms with E-state index in [0.29, 0.717) is 0 Å². The number of hydrogen-bond acceptors (Lipinski definition) is 0. The van der Waals surface area contributed by atoms with Gasteiger partial charge in [-0.1, -0.05) is 50.0 Å². The van der Waals surface area contributed by atoms with Crippen molar-refractivity contribution in [3.63, 3.8) is 0 Å². The molecule has 0 aliphatic heterocycles. The molecule has 18 heavy (non-hydrogen) atoms. The summed E-state index contributed by atoms with van der Waals surface area (Å²) in [4.78, 5) is 0. The Kier molecular flexibility index (Phi) is 7.50. The largest absolute Gasteiger partial charge is 0.103 e. The third-order valence-corrected chi connectivity index (χ3v) is 2.68. The molecule has 0 aliphatic carbocycles. The van der Waals surface area contributed by atoms with Gasteiger partial charge in [0, 0.05) is 25.7 Å². The van der Waals surface area contributed by atoms with Crippen molar-refractivity contribution in [2.24, 2.45) is 0 Å². The Balaban J connectivity index is 2.63. The first-order chi connectivity index (χ1) is 8.88. The zero-order chi connectivity index (χ0) is 13.1. The summed E-state index contributed by atoms with van der Waals surface area (Å²) in [6.45, 7) is 4.32. The molecular weight excluding hydrogens is 216 g/mol. The molecule has 0 spiro atoms. The van der Waals surface area contributed by atoms with Crippen molar-refractivity contribution in [3.8, 4) is 23.7 Å². The summed E-state index contributed by atoms with van der Waals surface area (Å²) in [5, 5.41) is 0. The quantitative estimate of drug-likeness (QED) is 0.683. The van der Waals surface area contributed by atoms with E-state index in [1.165, 1.54) is 11.1 Å². The molecule has 94 valence electrons. The molecule has 1 aromatic rings. The van der Waals surface area contributed by atoms with E-state index in [0.717, 1.165) is 38.5 Å². The Morgan fingerprint density at radius 3 is 1.56 bits per heavy atom. The molecule has 0 bridgehead atoms. The molecule has 0 heteroatoms. The van der Waals surface area contributed by atoms with E-state index in [1.807, 2.05) is 0 Å². The fraction of sp³-hybridized carbons (Fsp3) is 0.444. The fourth-order valence-corrected chi connectivity index (χ4v) is 1.64. The first kappa shape index (κ1) is 14.4. The predicted molar refractivity (Wildman–Crippen MR) is 79.2 cm³/mol. The van der Waals surface area contributed by atoms with Gasteiger partial charge in [0.25, 0.3) is 0 Å². The van der Waals surface area contributed by atoms with Gasteiger partial charge in [0.1, 0.15) is 0 Å². The van der Waals surface area contributed by atoms with Gasteiger partial charge in [-0.3, -0.25) is 0 Å². The molecular formula is C18H22. The summed E-state index contributed by atoms with van der Waals surface area (Å²) in [5.74, 6) is 12.9. The third kappa shape index (κ3) is 5.60. The van der Waals surface area contributed by atoms with E-state index in [-0.39, 0.29) is 0 Å². The second-order valence-corrected chi connectivity index (χ2v) is 4.33. The average molecular weight is 238 g/mol. The number of hydrogen-bond donors (Lipinski definition) is 0. The molecule has 0 amide bonds. The topological polar surface area (TPSA) is 0 Å². The third-order valence-electron chi connectivity index (χ3n) is 2.68. The standard InChI is InChI=1S/C18H22/c1-3-5-7-9-13-17-15-11-12-16-18(17)14-10-8-6-4-2/h11-12,15-16H,3-6,13-14H2,1-2H3. The van der Waals surface area contributed by atoms with Gasteiger partial charge in [-0.2, -0.15) is 0 Å². The van der Waals surface area contributed by atoms with Crippen LogP contribution in [0.25, 0.3) is 0 Å². The van der Waals surface area contributed by atoms with Crippen molar-refractivity contribution in [1.29, 1.82) is 0 Å². The molecule has 0 N–H and O–H groups in total. The average Bonchev–Trinajstić information content (AvgIpc) is 2.41. The summed E-state index contributed by atoms with van der Waals surface area (Å²) in [5.41, 5.74) is 2.65. The van der Waals surface area contributed by atoms with Crippen molar-refractivity contribution >= 4 is 0 Å². The second-order valence-electron chi connectivity index (χ2n) is 4.33. The number of benzene rings is 1. The Labute approximate surface area is 112 Å². The molecule has 0 radical (unpaired) electrons. The van der Waals surface area contributed by atoms with Gasteiger partial charge in [-0.25, -0.2) is 0 Å². The Morgan fingerprint density at radius 2 is 1.17 bits per heavy atom. The van der Waals surface area contributed by atoms with Crippen LogP contribution in [0.4, 0.5) is 0 Å². The Hall–Kier alpha value is -1.66. The highest BCUT2D eigenvalue weighted by molar-refractivity contribution is 5.33. The number of unbranched alkanes of at least 4 members (excludes halogenated alkanes) is 2. The zero-order valence-corrected chi connectivity index (χ0v) is 11.6. The summed E-state index contributed by atoms with van der Waals surface area (Å²) in [6, 6.07) is 8.49. The Morgan fingerprint density at radius 1 is 0.722 bits per heavy atom. The highest BCUT2D eigenvalue weighted by Crippen LogP contribution is 2.09. The summed E-state index contributed by atoms with van der Waals surface area (Å²) >= 11 is 0. The van der Waals surface area contributed by atoms with Gasteiger partial charge < -0.3 is 0 Å². The second kappa shape index (κ2) is 9.38. The lowest BCUT2D eigenvalue weighted by molar-refractivity contribution is 0.980. The monoisotopic (exact) mass is 238 g/mol. The van der Waals surface area contributed by atoms with Crippen LogP contribution in [-0.2, 0) is 12.8 Å². The van der Waals surface area contributed by atoms with Crippen LogP contribution >= 0.6 is 0 Å². The highest BCUT2D eigenvalue weighted by Gasteiger charge is 1.97. The van der Waals surface area contributed by atoms with Crippen molar-refractivity contribution in [2.45, 2.75) is 52.4 Å². The van der Waals surface area contributed by atoms with Gasteiger partial charge in [-0.15, -0.1) is 11.8 Å². The minimum atomic E-state index is 0.853. The summed E-state index contributed by atoms with van der Waals surface area (Å²) < 4.78 is 0. The van der Waals surface area contributed by atoms with Gasteiger partial charge in [0.2, 0.25) is 0 Å². The lowest BCUT2D eigenvalue weighted by Crippen LogP contribution is -1.91. The van der Waals surface area contributed by atoms with Crippen LogP contribution in [0.2, 0.25) is 0 Å². The van der Waals surface area contributed by atoms with Crippen molar-refractivity contribution in [3.05, 3.63) is 35.4 Å². The molecule has 0 saturated carbocycles. The van der Waals surface area contributed by atoms with Gasteiger partial charge in [-0.05, 0) is 24.0 Å². The van der Waals surface area contributed by atoms with Crippen LogP contribution in [0.3, 0.4) is 0 Å². The molecule has 1 rings (SSSR count). The zero-order valence-electron chi connectivity index (χ0n) is 11.6. The first-order valence-corrected chi connectivity index (χ1v) is 6.86.